The van der Waals surface area contributed by atoms with Gasteiger partial charge in [0.05, 0.1) is 12.6 Å². The second-order valence-corrected chi connectivity index (χ2v) is 5.30. The van der Waals surface area contributed by atoms with Crippen molar-refractivity contribution >= 4 is 11.8 Å². The fourth-order valence-corrected chi connectivity index (χ4v) is 2.55. The molecule has 0 aliphatic carbocycles. The van der Waals surface area contributed by atoms with Crippen molar-refractivity contribution in [2.45, 2.75) is 6.54 Å². The Morgan fingerprint density at radius 2 is 2.04 bits per heavy atom. The molecule has 2 aromatic rings. The van der Waals surface area contributed by atoms with E-state index in [9.17, 15) is 14.9 Å². The number of piperazine rings is 1. The molecule has 23 heavy (non-hydrogen) atoms. The van der Waals surface area contributed by atoms with Gasteiger partial charge in [-0.3, -0.25) is 24.5 Å². The molecular formula is C14H17N5O4. The first-order chi connectivity index (χ1) is 11.1. The molecule has 1 aliphatic heterocycles. The maximum Gasteiger partial charge on any atom is 0.433 e. The van der Waals surface area contributed by atoms with E-state index in [1.54, 1.807) is 11.1 Å². The first kappa shape index (κ1) is 15.2. The van der Waals surface area contributed by atoms with Gasteiger partial charge in [-0.1, -0.05) is 0 Å². The molecule has 9 nitrogen and oxygen atoms in total. The van der Waals surface area contributed by atoms with Gasteiger partial charge >= 0.3 is 5.88 Å². The van der Waals surface area contributed by atoms with E-state index in [-0.39, 0.29) is 11.7 Å². The molecule has 1 aliphatic rings. The minimum atomic E-state index is -0.649. The Bertz CT molecular complexity index is 673. The van der Waals surface area contributed by atoms with Crippen LogP contribution in [-0.2, 0) is 6.54 Å². The number of hydrogen-bond acceptors (Lipinski definition) is 6. The monoisotopic (exact) mass is 319 g/mol. The first-order valence-electron chi connectivity index (χ1n) is 7.37. The highest BCUT2D eigenvalue weighted by atomic mass is 16.6. The second kappa shape index (κ2) is 6.61. The van der Waals surface area contributed by atoms with Crippen molar-refractivity contribution in [3.8, 4) is 0 Å². The number of carbonyl (C=O) groups is 1. The summed E-state index contributed by atoms with van der Waals surface area (Å²) in [4.78, 5) is 26.1. The molecule has 0 unspecified atom stereocenters. The van der Waals surface area contributed by atoms with Crippen LogP contribution in [0.5, 0.6) is 0 Å². The van der Waals surface area contributed by atoms with Crippen LogP contribution in [0.1, 0.15) is 10.6 Å². The van der Waals surface area contributed by atoms with E-state index in [1.807, 2.05) is 16.9 Å². The summed E-state index contributed by atoms with van der Waals surface area (Å²) in [7, 11) is 0. The van der Waals surface area contributed by atoms with Gasteiger partial charge in [-0.05, 0) is 12.1 Å². The standard InChI is InChI=1S/C14H17N5O4/c20-14(12-2-3-13(23-12)19(21)22)17-9-6-16(7-10-17)8-11-18-5-1-4-15-18/h1-5H,6-11H2. The predicted octanol–water partition coefficient (Wildman–Crippen LogP) is 0.842. The number of nitrogens with zero attached hydrogens (tertiary/aromatic N) is 5. The van der Waals surface area contributed by atoms with Crippen LogP contribution >= 0.6 is 0 Å². The van der Waals surface area contributed by atoms with Gasteiger partial charge in [-0.15, -0.1) is 0 Å². The van der Waals surface area contributed by atoms with Crippen molar-refractivity contribution in [1.29, 1.82) is 0 Å². The Kier molecular flexibility index (Phi) is 4.38. The molecule has 0 spiro atoms. The highest BCUT2D eigenvalue weighted by Gasteiger charge is 2.25. The summed E-state index contributed by atoms with van der Waals surface area (Å²) in [6.45, 7) is 4.35. The summed E-state index contributed by atoms with van der Waals surface area (Å²) in [6.07, 6.45) is 3.67. The summed E-state index contributed by atoms with van der Waals surface area (Å²) in [5.74, 6) is -0.697. The molecule has 0 N–H and O–H groups in total. The van der Waals surface area contributed by atoms with E-state index in [1.165, 1.54) is 12.1 Å². The third kappa shape index (κ3) is 3.57. The van der Waals surface area contributed by atoms with Crippen LogP contribution in [0.2, 0.25) is 0 Å². The fourth-order valence-electron chi connectivity index (χ4n) is 2.55. The van der Waals surface area contributed by atoms with Crippen LogP contribution in [0.4, 0.5) is 5.88 Å². The highest BCUT2D eigenvalue weighted by molar-refractivity contribution is 5.91. The summed E-state index contributed by atoms with van der Waals surface area (Å²) < 4.78 is 6.84. The molecule has 9 heteroatoms. The van der Waals surface area contributed by atoms with Crippen molar-refractivity contribution in [1.82, 2.24) is 19.6 Å². The summed E-state index contributed by atoms with van der Waals surface area (Å²) in [5.41, 5.74) is 0. The van der Waals surface area contributed by atoms with Crippen LogP contribution in [0, 0.1) is 10.1 Å². The molecule has 0 saturated carbocycles. The Morgan fingerprint density at radius 1 is 1.26 bits per heavy atom. The van der Waals surface area contributed by atoms with Gasteiger partial charge in [0, 0.05) is 45.1 Å². The molecule has 0 atom stereocenters. The normalized spacial score (nSPS) is 15.7. The van der Waals surface area contributed by atoms with E-state index in [2.05, 4.69) is 10.00 Å². The van der Waals surface area contributed by atoms with Crippen molar-refractivity contribution in [2.75, 3.05) is 32.7 Å². The largest absolute Gasteiger partial charge is 0.433 e. The first-order valence-corrected chi connectivity index (χ1v) is 7.37. The zero-order valence-electron chi connectivity index (χ0n) is 12.5. The quantitative estimate of drug-likeness (QED) is 0.598. The van der Waals surface area contributed by atoms with Crippen molar-refractivity contribution in [3.63, 3.8) is 0 Å². The number of carbonyl (C=O) groups excluding carboxylic acids is 1. The number of aromatic nitrogens is 2. The Hall–Kier alpha value is -2.68. The molecule has 1 fully saturated rings. The number of amides is 1. The second-order valence-electron chi connectivity index (χ2n) is 5.30. The third-order valence-electron chi connectivity index (χ3n) is 3.85. The molecule has 1 amide bonds. The summed E-state index contributed by atoms with van der Waals surface area (Å²) >= 11 is 0. The zero-order valence-corrected chi connectivity index (χ0v) is 12.5. The molecule has 0 radical (unpaired) electrons. The van der Waals surface area contributed by atoms with Crippen LogP contribution in [0.25, 0.3) is 0 Å². The minimum absolute atomic E-state index is 0.0155. The summed E-state index contributed by atoms with van der Waals surface area (Å²) in [6, 6.07) is 4.44. The van der Waals surface area contributed by atoms with Crippen LogP contribution < -0.4 is 0 Å². The lowest BCUT2D eigenvalue weighted by Crippen LogP contribution is -2.49. The smallest absolute Gasteiger partial charge is 0.395 e. The van der Waals surface area contributed by atoms with E-state index in [4.69, 9.17) is 4.42 Å². The van der Waals surface area contributed by atoms with E-state index < -0.39 is 10.8 Å². The van der Waals surface area contributed by atoms with Crippen LogP contribution in [-0.4, -0.2) is 63.1 Å². The third-order valence-corrected chi connectivity index (χ3v) is 3.85. The molecule has 0 aromatic carbocycles. The van der Waals surface area contributed by atoms with Crippen molar-refractivity contribution in [2.24, 2.45) is 0 Å². The van der Waals surface area contributed by atoms with Crippen LogP contribution in [0.15, 0.2) is 35.0 Å². The van der Waals surface area contributed by atoms with Gasteiger partial charge < -0.3 is 9.32 Å². The van der Waals surface area contributed by atoms with Gasteiger partial charge in [0.2, 0.25) is 0 Å². The number of hydrogen-bond donors (Lipinski definition) is 0. The van der Waals surface area contributed by atoms with Gasteiger partial charge in [0.25, 0.3) is 5.91 Å². The molecule has 2 aromatic heterocycles. The Labute approximate surface area is 132 Å². The fraction of sp³-hybridized carbons (Fsp3) is 0.429. The Balaban J connectivity index is 1.49. The van der Waals surface area contributed by atoms with Gasteiger partial charge in [0.1, 0.15) is 4.92 Å². The maximum atomic E-state index is 12.3. The van der Waals surface area contributed by atoms with Gasteiger partial charge in [0.15, 0.2) is 5.76 Å². The van der Waals surface area contributed by atoms with E-state index in [0.717, 1.165) is 26.2 Å². The number of nitro groups is 1. The van der Waals surface area contributed by atoms with Crippen molar-refractivity contribution < 1.29 is 14.1 Å². The van der Waals surface area contributed by atoms with Gasteiger partial charge in [-0.25, -0.2) is 0 Å². The lowest BCUT2D eigenvalue weighted by Gasteiger charge is -2.34. The van der Waals surface area contributed by atoms with E-state index in [0.29, 0.717) is 13.1 Å². The zero-order chi connectivity index (χ0) is 16.2. The lowest BCUT2D eigenvalue weighted by atomic mass is 10.3. The molecule has 1 saturated heterocycles. The SMILES string of the molecule is O=C(c1ccc([N+](=O)[O-])o1)N1CCN(CCn2cccn2)CC1. The molecule has 3 heterocycles. The average Bonchev–Trinajstić information content (AvgIpc) is 3.24. The minimum Gasteiger partial charge on any atom is -0.395 e. The summed E-state index contributed by atoms with van der Waals surface area (Å²) in [5, 5.41) is 14.8. The Morgan fingerprint density at radius 3 is 2.65 bits per heavy atom. The van der Waals surface area contributed by atoms with Crippen molar-refractivity contribution in [3.05, 3.63) is 46.5 Å². The average molecular weight is 319 g/mol. The maximum absolute atomic E-state index is 12.3. The molecule has 3 rings (SSSR count). The predicted molar refractivity (Wildman–Crippen MR) is 79.9 cm³/mol. The van der Waals surface area contributed by atoms with E-state index >= 15 is 0 Å². The topological polar surface area (TPSA) is 97.6 Å². The molecular weight excluding hydrogens is 302 g/mol. The number of furan rings is 1. The van der Waals surface area contributed by atoms with Gasteiger partial charge in [-0.2, -0.15) is 5.10 Å². The highest BCUT2D eigenvalue weighted by Crippen LogP contribution is 2.18. The number of rotatable bonds is 5. The molecule has 122 valence electrons. The lowest BCUT2D eigenvalue weighted by molar-refractivity contribution is -0.402. The molecule has 0 bridgehead atoms. The van der Waals surface area contributed by atoms with Crippen LogP contribution in [0.3, 0.4) is 0 Å².